The van der Waals surface area contributed by atoms with Crippen molar-refractivity contribution in [2.24, 2.45) is 5.92 Å². The van der Waals surface area contributed by atoms with Gasteiger partial charge in [-0.05, 0) is 38.0 Å². The van der Waals surface area contributed by atoms with E-state index in [0.717, 1.165) is 5.69 Å². The van der Waals surface area contributed by atoms with Gasteiger partial charge in [-0.1, -0.05) is 0 Å². The summed E-state index contributed by atoms with van der Waals surface area (Å²) in [5, 5.41) is 13.4. The van der Waals surface area contributed by atoms with E-state index in [1.165, 1.54) is 0 Å². The molecule has 0 saturated carbocycles. The van der Waals surface area contributed by atoms with Gasteiger partial charge in [-0.2, -0.15) is 5.10 Å². The number of nitrogens with zero attached hydrogens (tertiary/aromatic N) is 4. The summed E-state index contributed by atoms with van der Waals surface area (Å²) in [7, 11) is 0. The second kappa shape index (κ2) is 6.20. The van der Waals surface area contributed by atoms with E-state index in [2.05, 4.69) is 10.1 Å². The van der Waals surface area contributed by atoms with E-state index in [-0.39, 0.29) is 11.9 Å². The molecule has 0 unspecified atom stereocenters. The first-order chi connectivity index (χ1) is 11.1. The zero-order valence-corrected chi connectivity index (χ0v) is 12.8. The van der Waals surface area contributed by atoms with Crippen molar-refractivity contribution >= 4 is 11.9 Å². The van der Waals surface area contributed by atoms with E-state index < -0.39 is 11.9 Å². The van der Waals surface area contributed by atoms with Crippen LogP contribution < -0.4 is 0 Å². The van der Waals surface area contributed by atoms with E-state index in [1.54, 1.807) is 53.3 Å². The van der Waals surface area contributed by atoms with Crippen LogP contribution in [0.2, 0.25) is 0 Å². The van der Waals surface area contributed by atoms with Crippen molar-refractivity contribution in [3.8, 4) is 5.69 Å². The standard InChI is InChI=1S/C16H18N4O3/c1-11-13(16(22)23)4-2-8-19(11)15(21)14-10-12(5-7-17-14)20-9-3-6-18-20/h3,5-7,9-11,13H,2,4,8H2,1H3,(H,22,23)/t11-,13-/m1/s1. The number of hydrogen-bond acceptors (Lipinski definition) is 4. The minimum absolute atomic E-state index is 0.238. The maximum atomic E-state index is 12.7. The van der Waals surface area contributed by atoms with Gasteiger partial charge in [0.05, 0.1) is 11.6 Å². The molecule has 0 aliphatic carbocycles. The van der Waals surface area contributed by atoms with Gasteiger partial charge in [0.15, 0.2) is 0 Å². The number of carboxylic acid groups (broad SMARTS) is 1. The molecule has 0 bridgehead atoms. The zero-order chi connectivity index (χ0) is 16.4. The average Bonchev–Trinajstić information content (AvgIpc) is 3.09. The summed E-state index contributed by atoms with van der Waals surface area (Å²) < 4.78 is 1.65. The van der Waals surface area contributed by atoms with Crippen molar-refractivity contribution in [3.05, 3.63) is 42.5 Å². The van der Waals surface area contributed by atoms with Crippen molar-refractivity contribution in [1.82, 2.24) is 19.7 Å². The molecule has 7 heteroatoms. The Bertz CT molecular complexity index is 714. The number of hydrogen-bond donors (Lipinski definition) is 1. The van der Waals surface area contributed by atoms with Crippen LogP contribution in [0.4, 0.5) is 0 Å². The second-order valence-corrected chi connectivity index (χ2v) is 5.68. The largest absolute Gasteiger partial charge is 0.481 e. The predicted molar refractivity (Wildman–Crippen MR) is 82.2 cm³/mol. The van der Waals surface area contributed by atoms with E-state index in [4.69, 9.17) is 0 Å². The number of likely N-dealkylation sites (tertiary alicyclic amines) is 1. The number of piperidine rings is 1. The van der Waals surface area contributed by atoms with Crippen LogP contribution in [0.5, 0.6) is 0 Å². The summed E-state index contributed by atoms with van der Waals surface area (Å²) in [6.45, 7) is 2.34. The number of carbonyl (C=O) groups is 2. The number of pyridine rings is 1. The van der Waals surface area contributed by atoms with Crippen LogP contribution in [0.25, 0.3) is 5.69 Å². The highest BCUT2D eigenvalue weighted by Gasteiger charge is 2.36. The molecule has 2 atom stereocenters. The molecule has 1 fully saturated rings. The van der Waals surface area contributed by atoms with Gasteiger partial charge in [-0.25, -0.2) is 4.68 Å². The van der Waals surface area contributed by atoms with Crippen LogP contribution in [-0.4, -0.2) is 49.2 Å². The Hall–Kier alpha value is -2.70. The lowest BCUT2D eigenvalue weighted by molar-refractivity contribution is -0.144. The van der Waals surface area contributed by atoms with Crippen LogP contribution in [0.1, 0.15) is 30.3 Å². The van der Waals surface area contributed by atoms with Crippen LogP contribution in [0.3, 0.4) is 0 Å². The van der Waals surface area contributed by atoms with Gasteiger partial charge in [0.25, 0.3) is 5.91 Å². The lowest BCUT2D eigenvalue weighted by atomic mass is 9.90. The number of carboxylic acids is 1. The van der Waals surface area contributed by atoms with Crippen molar-refractivity contribution < 1.29 is 14.7 Å². The SMILES string of the molecule is C[C@@H]1[C@H](C(=O)O)CCCN1C(=O)c1cc(-n2cccn2)ccn1. The molecule has 23 heavy (non-hydrogen) atoms. The van der Waals surface area contributed by atoms with Crippen molar-refractivity contribution in [1.29, 1.82) is 0 Å². The third-order valence-corrected chi connectivity index (χ3v) is 4.30. The van der Waals surface area contributed by atoms with Crippen LogP contribution >= 0.6 is 0 Å². The van der Waals surface area contributed by atoms with Crippen molar-refractivity contribution in [2.45, 2.75) is 25.8 Å². The Labute approximate surface area is 133 Å². The molecule has 1 amide bonds. The molecular weight excluding hydrogens is 296 g/mol. The summed E-state index contributed by atoms with van der Waals surface area (Å²) in [4.78, 5) is 29.8. The van der Waals surface area contributed by atoms with Crippen LogP contribution in [-0.2, 0) is 4.79 Å². The Morgan fingerprint density at radius 3 is 2.87 bits per heavy atom. The Morgan fingerprint density at radius 1 is 1.35 bits per heavy atom. The highest BCUT2D eigenvalue weighted by atomic mass is 16.4. The van der Waals surface area contributed by atoms with Gasteiger partial charge in [0.1, 0.15) is 5.69 Å². The summed E-state index contributed by atoms with van der Waals surface area (Å²) in [5.74, 6) is -1.62. The molecule has 0 spiro atoms. The summed E-state index contributed by atoms with van der Waals surface area (Å²) in [6, 6.07) is 4.89. The normalized spacial score (nSPS) is 21.2. The fraction of sp³-hybridized carbons (Fsp3) is 0.375. The van der Waals surface area contributed by atoms with Gasteiger partial charge in [0.2, 0.25) is 0 Å². The third kappa shape index (κ3) is 2.94. The monoisotopic (exact) mass is 314 g/mol. The maximum Gasteiger partial charge on any atom is 0.308 e. The van der Waals surface area contributed by atoms with Gasteiger partial charge in [-0.3, -0.25) is 14.6 Å². The van der Waals surface area contributed by atoms with Crippen molar-refractivity contribution in [2.75, 3.05) is 6.54 Å². The molecule has 120 valence electrons. The fourth-order valence-electron chi connectivity index (χ4n) is 3.01. The minimum Gasteiger partial charge on any atom is -0.481 e. The molecule has 1 saturated heterocycles. The topological polar surface area (TPSA) is 88.3 Å². The van der Waals surface area contributed by atoms with Crippen molar-refractivity contribution in [3.63, 3.8) is 0 Å². The lowest BCUT2D eigenvalue weighted by Crippen LogP contribution is -2.49. The molecule has 2 aromatic heterocycles. The molecule has 1 aliphatic rings. The maximum absolute atomic E-state index is 12.7. The molecule has 1 N–H and O–H groups in total. The highest BCUT2D eigenvalue weighted by Crippen LogP contribution is 2.25. The second-order valence-electron chi connectivity index (χ2n) is 5.68. The highest BCUT2D eigenvalue weighted by molar-refractivity contribution is 5.93. The van der Waals surface area contributed by atoms with E-state index in [1.807, 2.05) is 0 Å². The first-order valence-corrected chi connectivity index (χ1v) is 7.58. The Balaban J connectivity index is 1.85. The Morgan fingerprint density at radius 2 is 2.17 bits per heavy atom. The van der Waals surface area contributed by atoms with Crippen LogP contribution in [0, 0.1) is 5.92 Å². The van der Waals surface area contributed by atoms with Crippen LogP contribution in [0.15, 0.2) is 36.8 Å². The van der Waals surface area contributed by atoms with E-state index in [9.17, 15) is 14.7 Å². The number of aliphatic carboxylic acids is 1. The first kappa shape index (κ1) is 15.2. The summed E-state index contributed by atoms with van der Waals surface area (Å²) in [6.07, 6.45) is 6.29. The number of aromatic nitrogens is 3. The van der Waals surface area contributed by atoms with Gasteiger partial charge in [0, 0.05) is 31.2 Å². The molecule has 0 aromatic carbocycles. The average molecular weight is 314 g/mol. The van der Waals surface area contributed by atoms with Gasteiger partial charge in [-0.15, -0.1) is 0 Å². The molecular formula is C16H18N4O3. The predicted octanol–water partition coefficient (Wildman–Crippen LogP) is 1.59. The molecule has 1 aliphatic heterocycles. The first-order valence-electron chi connectivity index (χ1n) is 7.58. The zero-order valence-electron chi connectivity index (χ0n) is 12.8. The summed E-state index contributed by atoms with van der Waals surface area (Å²) in [5.41, 5.74) is 1.05. The number of amides is 1. The molecule has 7 nitrogen and oxygen atoms in total. The molecule has 3 heterocycles. The fourth-order valence-corrected chi connectivity index (χ4v) is 3.01. The quantitative estimate of drug-likeness (QED) is 0.929. The molecule has 3 rings (SSSR count). The van der Waals surface area contributed by atoms with E-state index in [0.29, 0.717) is 25.1 Å². The minimum atomic E-state index is -0.853. The third-order valence-electron chi connectivity index (χ3n) is 4.30. The molecule has 2 aromatic rings. The van der Waals surface area contributed by atoms with E-state index >= 15 is 0 Å². The summed E-state index contributed by atoms with van der Waals surface area (Å²) >= 11 is 0. The number of carbonyl (C=O) groups excluding carboxylic acids is 1. The lowest BCUT2D eigenvalue weighted by Gasteiger charge is -2.37. The van der Waals surface area contributed by atoms with Gasteiger partial charge < -0.3 is 10.0 Å². The molecule has 0 radical (unpaired) electrons. The number of rotatable bonds is 3. The van der Waals surface area contributed by atoms with Gasteiger partial charge >= 0.3 is 5.97 Å². The smallest absolute Gasteiger partial charge is 0.308 e. The Kier molecular flexibility index (Phi) is 4.10.